The molecule has 8 nitrogen and oxygen atoms in total. The highest BCUT2D eigenvalue weighted by Crippen LogP contribution is 2.10. The van der Waals surface area contributed by atoms with Gasteiger partial charge < -0.3 is 15.0 Å². The van der Waals surface area contributed by atoms with E-state index in [0.717, 1.165) is 31.7 Å². The molecule has 28 heavy (non-hydrogen) atoms. The van der Waals surface area contributed by atoms with E-state index in [1.54, 1.807) is 18.5 Å². The van der Waals surface area contributed by atoms with Crippen LogP contribution in [0.4, 0.5) is 5.95 Å². The number of hydrogen-bond donors (Lipinski definition) is 1. The predicted octanol–water partition coefficient (Wildman–Crippen LogP) is 0.499. The molecule has 0 saturated carbocycles. The predicted molar refractivity (Wildman–Crippen MR) is 105 cm³/mol. The van der Waals surface area contributed by atoms with Crippen molar-refractivity contribution in [3.8, 4) is 0 Å². The molecule has 148 valence electrons. The van der Waals surface area contributed by atoms with Crippen LogP contribution in [0.25, 0.3) is 0 Å². The molecule has 2 heterocycles. The number of ether oxygens (including phenoxy) is 1. The van der Waals surface area contributed by atoms with Gasteiger partial charge in [0, 0.05) is 45.0 Å². The zero-order chi connectivity index (χ0) is 19.8. The van der Waals surface area contributed by atoms with E-state index in [4.69, 9.17) is 4.74 Å². The number of methoxy groups -OCH3 is 1. The lowest BCUT2D eigenvalue weighted by atomic mass is 10.1. The number of benzene rings is 1. The van der Waals surface area contributed by atoms with Crippen LogP contribution in [0.2, 0.25) is 0 Å². The molecule has 2 aromatic rings. The summed E-state index contributed by atoms with van der Waals surface area (Å²) in [5, 5.41) is 2.81. The summed E-state index contributed by atoms with van der Waals surface area (Å²) in [6.07, 6.45) is 3.85. The summed E-state index contributed by atoms with van der Waals surface area (Å²) in [4.78, 5) is 37.2. The molecule has 1 aliphatic rings. The number of nitrogens with one attached hydrogen (secondary N) is 1. The van der Waals surface area contributed by atoms with Crippen LogP contribution >= 0.6 is 0 Å². The number of carbonyl (C=O) groups is 2. The average molecular weight is 383 g/mol. The maximum Gasteiger partial charge on any atom is 0.328 e. The number of carbonyl (C=O) groups excluding carboxylic acids is 2. The van der Waals surface area contributed by atoms with Gasteiger partial charge in [0.05, 0.1) is 13.7 Å². The molecule has 0 spiro atoms. The SMILES string of the molecule is COC(=O)[C@H](Cc1ccccc1)NC(=O)CN1CCN(c2ncccn2)CC1. The molecule has 0 aliphatic carbocycles. The molecular formula is C20H25N5O3. The van der Waals surface area contributed by atoms with Gasteiger partial charge in [-0.15, -0.1) is 0 Å². The quantitative estimate of drug-likeness (QED) is 0.697. The van der Waals surface area contributed by atoms with Crippen molar-refractivity contribution in [1.82, 2.24) is 20.2 Å². The Morgan fingerprint density at radius 1 is 1.07 bits per heavy atom. The molecule has 1 aromatic carbocycles. The summed E-state index contributed by atoms with van der Waals surface area (Å²) in [6, 6.07) is 10.7. The number of rotatable bonds is 7. The van der Waals surface area contributed by atoms with Gasteiger partial charge in [-0.05, 0) is 11.6 Å². The Bertz CT molecular complexity index is 764. The van der Waals surface area contributed by atoms with Crippen molar-refractivity contribution < 1.29 is 14.3 Å². The third-order valence-corrected chi connectivity index (χ3v) is 4.68. The van der Waals surface area contributed by atoms with Crippen molar-refractivity contribution in [2.24, 2.45) is 0 Å². The highest BCUT2D eigenvalue weighted by Gasteiger charge is 2.25. The number of amides is 1. The van der Waals surface area contributed by atoms with Gasteiger partial charge in [-0.1, -0.05) is 30.3 Å². The molecule has 1 aromatic heterocycles. The van der Waals surface area contributed by atoms with Crippen molar-refractivity contribution in [2.75, 3.05) is 44.7 Å². The van der Waals surface area contributed by atoms with Crippen LogP contribution in [0, 0.1) is 0 Å². The number of hydrogen-bond acceptors (Lipinski definition) is 7. The fourth-order valence-corrected chi connectivity index (χ4v) is 3.19. The number of anilines is 1. The third kappa shape index (κ3) is 5.50. The molecule has 1 amide bonds. The Labute approximate surface area is 164 Å². The Balaban J connectivity index is 1.50. The van der Waals surface area contributed by atoms with Crippen molar-refractivity contribution in [1.29, 1.82) is 0 Å². The number of esters is 1. The van der Waals surface area contributed by atoms with Crippen LogP contribution in [0.1, 0.15) is 5.56 Å². The van der Waals surface area contributed by atoms with Gasteiger partial charge in [-0.25, -0.2) is 14.8 Å². The molecule has 1 atom stereocenters. The van der Waals surface area contributed by atoms with Gasteiger partial charge in [0.25, 0.3) is 0 Å². The number of piperazine rings is 1. The second-order valence-electron chi connectivity index (χ2n) is 6.64. The summed E-state index contributed by atoms with van der Waals surface area (Å²) in [5.74, 6) is 0.0826. The van der Waals surface area contributed by atoms with Crippen LogP contribution in [0.15, 0.2) is 48.8 Å². The van der Waals surface area contributed by atoms with Gasteiger partial charge in [0.2, 0.25) is 11.9 Å². The molecule has 0 unspecified atom stereocenters. The third-order valence-electron chi connectivity index (χ3n) is 4.68. The van der Waals surface area contributed by atoms with Gasteiger partial charge in [0.15, 0.2) is 0 Å². The average Bonchev–Trinajstić information content (AvgIpc) is 2.74. The molecule has 1 aliphatic heterocycles. The second-order valence-corrected chi connectivity index (χ2v) is 6.64. The lowest BCUT2D eigenvalue weighted by molar-refractivity contribution is -0.145. The molecule has 1 saturated heterocycles. The summed E-state index contributed by atoms with van der Waals surface area (Å²) in [7, 11) is 1.33. The van der Waals surface area contributed by atoms with Crippen LogP contribution in [-0.4, -0.2) is 72.6 Å². The van der Waals surface area contributed by atoms with E-state index in [2.05, 4.69) is 25.1 Å². The van der Waals surface area contributed by atoms with E-state index in [0.29, 0.717) is 12.4 Å². The Hall–Kier alpha value is -3.00. The Morgan fingerprint density at radius 2 is 1.75 bits per heavy atom. The van der Waals surface area contributed by atoms with E-state index >= 15 is 0 Å². The highest BCUT2D eigenvalue weighted by molar-refractivity contribution is 5.85. The van der Waals surface area contributed by atoms with Gasteiger partial charge in [-0.3, -0.25) is 9.69 Å². The van der Waals surface area contributed by atoms with Crippen LogP contribution < -0.4 is 10.2 Å². The number of aromatic nitrogens is 2. The minimum Gasteiger partial charge on any atom is -0.467 e. The van der Waals surface area contributed by atoms with E-state index in [1.807, 2.05) is 30.3 Å². The fourth-order valence-electron chi connectivity index (χ4n) is 3.19. The summed E-state index contributed by atoms with van der Waals surface area (Å²) >= 11 is 0. The largest absolute Gasteiger partial charge is 0.467 e. The smallest absolute Gasteiger partial charge is 0.328 e. The first-order valence-electron chi connectivity index (χ1n) is 9.31. The summed E-state index contributed by atoms with van der Waals surface area (Å²) < 4.78 is 4.85. The normalized spacial score (nSPS) is 15.7. The fraction of sp³-hybridized carbons (Fsp3) is 0.400. The van der Waals surface area contributed by atoms with E-state index in [1.165, 1.54) is 7.11 Å². The van der Waals surface area contributed by atoms with Gasteiger partial charge in [0.1, 0.15) is 6.04 Å². The lowest BCUT2D eigenvalue weighted by Crippen LogP contribution is -2.52. The van der Waals surface area contributed by atoms with Gasteiger partial charge >= 0.3 is 5.97 Å². The molecular weight excluding hydrogens is 358 g/mol. The van der Waals surface area contributed by atoms with Crippen LogP contribution in [-0.2, 0) is 20.7 Å². The maximum atomic E-state index is 12.5. The minimum absolute atomic E-state index is 0.184. The molecule has 1 N–H and O–H groups in total. The zero-order valence-corrected chi connectivity index (χ0v) is 16.0. The highest BCUT2D eigenvalue weighted by atomic mass is 16.5. The van der Waals surface area contributed by atoms with Crippen molar-refractivity contribution in [3.05, 3.63) is 54.4 Å². The van der Waals surface area contributed by atoms with Crippen LogP contribution in [0.5, 0.6) is 0 Å². The summed E-state index contributed by atoms with van der Waals surface area (Å²) in [6.45, 7) is 3.20. The van der Waals surface area contributed by atoms with E-state index in [9.17, 15) is 9.59 Å². The molecule has 0 bridgehead atoms. The van der Waals surface area contributed by atoms with Gasteiger partial charge in [-0.2, -0.15) is 0 Å². The Morgan fingerprint density at radius 3 is 2.39 bits per heavy atom. The van der Waals surface area contributed by atoms with E-state index < -0.39 is 12.0 Å². The summed E-state index contributed by atoms with van der Waals surface area (Å²) in [5.41, 5.74) is 0.967. The first-order valence-corrected chi connectivity index (χ1v) is 9.31. The number of nitrogens with zero attached hydrogens (tertiary/aromatic N) is 4. The lowest BCUT2D eigenvalue weighted by Gasteiger charge is -2.34. The zero-order valence-electron chi connectivity index (χ0n) is 16.0. The molecule has 8 heteroatoms. The maximum absolute atomic E-state index is 12.5. The van der Waals surface area contributed by atoms with Crippen molar-refractivity contribution in [3.63, 3.8) is 0 Å². The van der Waals surface area contributed by atoms with E-state index in [-0.39, 0.29) is 12.5 Å². The Kier molecular flexibility index (Phi) is 6.91. The first-order chi connectivity index (χ1) is 13.7. The molecule has 3 rings (SSSR count). The van der Waals surface area contributed by atoms with Crippen LogP contribution in [0.3, 0.4) is 0 Å². The standard InChI is InChI=1S/C20H25N5O3/c1-28-19(27)17(14-16-6-3-2-4-7-16)23-18(26)15-24-10-12-25(13-11-24)20-21-8-5-9-22-20/h2-9,17H,10-15H2,1H3,(H,23,26)/t17-/m0/s1. The topological polar surface area (TPSA) is 87.7 Å². The first kappa shape index (κ1) is 19.8. The molecule has 0 radical (unpaired) electrons. The van der Waals surface area contributed by atoms with Crippen molar-refractivity contribution >= 4 is 17.8 Å². The minimum atomic E-state index is -0.695. The molecule has 1 fully saturated rings. The monoisotopic (exact) mass is 383 g/mol. The second kappa shape index (κ2) is 9.80. The van der Waals surface area contributed by atoms with Crippen molar-refractivity contribution in [2.45, 2.75) is 12.5 Å².